The molecule has 63 heavy (non-hydrogen) atoms. The number of rotatable bonds is 31. The summed E-state index contributed by atoms with van der Waals surface area (Å²) in [7, 11) is 2.91. The Morgan fingerprint density at radius 3 is 0.810 bits per heavy atom. The average Bonchev–Trinajstić information content (AvgIpc) is 3.21. The number of ether oxygens (including phenoxy) is 2. The van der Waals surface area contributed by atoms with Gasteiger partial charge in [0.1, 0.15) is 0 Å². The molecule has 0 unspecified atom stereocenters. The second-order valence-electron chi connectivity index (χ2n) is 18.7. The van der Waals surface area contributed by atoms with Crippen molar-refractivity contribution in [1.29, 1.82) is 0 Å². The number of allylic oxidation sites excluding steroid dienone is 20. The molecule has 0 aliphatic rings. The first-order chi connectivity index (χ1) is 30.0. The summed E-state index contributed by atoms with van der Waals surface area (Å²) >= 11 is 0. The fourth-order valence-corrected chi connectivity index (χ4v) is 7.62. The monoisotopic (exact) mass is 865 g/mol. The van der Waals surface area contributed by atoms with Crippen molar-refractivity contribution in [2.75, 3.05) is 14.2 Å². The molecule has 0 saturated carbocycles. The van der Waals surface area contributed by atoms with Crippen molar-refractivity contribution in [3.63, 3.8) is 0 Å². The third kappa shape index (κ3) is 26.3. The Balaban J connectivity index is 2.32. The lowest BCUT2D eigenvalue weighted by Gasteiger charge is -2.17. The molecule has 1 aromatic rings. The van der Waals surface area contributed by atoms with Crippen LogP contribution in [0.5, 0.6) is 23.0 Å². The lowest BCUT2D eigenvalue weighted by molar-refractivity contribution is 0.314. The lowest BCUT2D eigenvalue weighted by Crippen LogP contribution is -1.98. The minimum atomic E-state index is 0.00634. The van der Waals surface area contributed by atoms with Crippen LogP contribution in [-0.4, -0.2) is 24.4 Å². The Kier molecular flexibility index (Phi) is 30.1. The fraction of sp³-hybridized carbons (Fsp3) is 0.559. The molecule has 0 radical (unpaired) electrons. The van der Waals surface area contributed by atoms with Gasteiger partial charge in [0.2, 0.25) is 11.5 Å². The first-order valence-electron chi connectivity index (χ1n) is 24.2. The van der Waals surface area contributed by atoms with Gasteiger partial charge in [-0.15, -0.1) is 0 Å². The van der Waals surface area contributed by atoms with Gasteiger partial charge in [0.05, 0.1) is 14.2 Å². The standard InChI is InChI=1S/C59H92O4/c1-44(2)24-15-25-45(3)26-16-27-46(4)28-17-29-47(5)30-18-31-48(6)32-19-33-49(7)34-20-35-50(8)36-21-37-51(9)38-22-39-52(10)40-23-41-53(11)42-43-55-54(12)56(60)58(62-13)59(63-14)57(55)61/h24,26,28,30,32,34,36,38,40,42,60-61H,15-23,25,27,29,31,33,35,37,39,41,43H2,1-14H3/b45-26-,46-28+,47-30+,48-32-,49-34-,50-36-,51-38+,52-40+,53-42-. The molecule has 0 atom stereocenters. The summed E-state index contributed by atoms with van der Waals surface area (Å²) in [5.74, 6) is 0.356. The highest BCUT2D eigenvalue weighted by Gasteiger charge is 2.22. The summed E-state index contributed by atoms with van der Waals surface area (Å²) < 4.78 is 10.5. The Hall–Kier alpha value is -4.18. The van der Waals surface area contributed by atoms with Crippen LogP contribution in [0.1, 0.15) is 203 Å². The van der Waals surface area contributed by atoms with Crippen molar-refractivity contribution >= 4 is 0 Å². The molecule has 0 amide bonds. The Morgan fingerprint density at radius 1 is 0.349 bits per heavy atom. The van der Waals surface area contributed by atoms with E-state index in [9.17, 15) is 10.2 Å². The third-order valence-corrected chi connectivity index (χ3v) is 12.1. The summed E-state index contributed by atoms with van der Waals surface area (Å²) in [6.45, 7) is 26.5. The molecule has 4 heteroatoms. The van der Waals surface area contributed by atoms with E-state index in [0.717, 1.165) is 96.3 Å². The number of phenols is 2. The summed E-state index contributed by atoms with van der Waals surface area (Å²) in [5.41, 5.74) is 15.9. The van der Waals surface area contributed by atoms with Gasteiger partial charge in [0, 0.05) is 11.1 Å². The lowest BCUT2D eigenvalue weighted by atomic mass is 9.99. The first kappa shape index (κ1) is 56.8. The molecule has 4 nitrogen and oxygen atoms in total. The van der Waals surface area contributed by atoms with Crippen LogP contribution in [0.25, 0.3) is 0 Å². The summed E-state index contributed by atoms with van der Waals surface area (Å²) in [5, 5.41) is 21.3. The molecule has 0 aromatic heterocycles. The Morgan fingerprint density at radius 2 is 0.571 bits per heavy atom. The van der Waals surface area contributed by atoms with E-state index in [1.54, 1.807) is 6.92 Å². The second-order valence-corrected chi connectivity index (χ2v) is 18.7. The predicted octanol–water partition coefficient (Wildman–Crippen LogP) is 18.5. The summed E-state index contributed by atoms with van der Waals surface area (Å²) in [6, 6.07) is 0. The van der Waals surface area contributed by atoms with Gasteiger partial charge in [-0.2, -0.15) is 0 Å². The predicted molar refractivity (Wildman–Crippen MR) is 278 cm³/mol. The SMILES string of the molecule is COc1c(O)c(C)c(C/C=C(/C)CC/C=C(\C)CC/C=C(\C)CC/C=C(/C)CC/C=C(/C)CC/C=C(/C)CC/C=C(\C)CC/C=C(\C)CC/C=C(/C)CCC=C(C)C)c(O)c1OC. The van der Waals surface area contributed by atoms with Crippen molar-refractivity contribution in [3.05, 3.63) is 128 Å². The minimum absolute atomic E-state index is 0.00634. The number of hydrogen-bond donors (Lipinski definition) is 2. The smallest absolute Gasteiger partial charge is 0.207 e. The van der Waals surface area contributed by atoms with Gasteiger partial charge in [-0.1, -0.05) is 116 Å². The molecule has 0 fully saturated rings. The molecule has 0 spiro atoms. The van der Waals surface area contributed by atoms with Gasteiger partial charge in [0.25, 0.3) is 0 Å². The normalized spacial score (nSPS) is 14.2. The van der Waals surface area contributed by atoms with Gasteiger partial charge in [-0.3, -0.25) is 0 Å². The molecule has 1 aromatic carbocycles. The van der Waals surface area contributed by atoms with Gasteiger partial charge in [-0.05, 0) is 205 Å². The molecular weight excluding hydrogens is 773 g/mol. The van der Waals surface area contributed by atoms with Crippen LogP contribution < -0.4 is 9.47 Å². The zero-order valence-corrected chi connectivity index (χ0v) is 42.9. The highest BCUT2D eigenvalue weighted by molar-refractivity contribution is 5.66. The zero-order valence-electron chi connectivity index (χ0n) is 42.9. The highest BCUT2D eigenvalue weighted by Crippen LogP contribution is 2.48. The average molecular weight is 865 g/mol. The van der Waals surface area contributed by atoms with Gasteiger partial charge >= 0.3 is 0 Å². The van der Waals surface area contributed by atoms with Crippen molar-refractivity contribution in [3.8, 4) is 23.0 Å². The van der Waals surface area contributed by atoms with Crippen molar-refractivity contribution in [1.82, 2.24) is 0 Å². The number of methoxy groups -OCH3 is 2. The molecule has 0 heterocycles. The highest BCUT2D eigenvalue weighted by atomic mass is 16.5. The topological polar surface area (TPSA) is 58.9 Å². The molecular formula is C59H92O4. The van der Waals surface area contributed by atoms with Gasteiger partial charge in [0.15, 0.2) is 11.5 Å². The van der Waals surface area contributed by atoms with Crippen molar-refractivity contribution in [2.24, 2.45) is 0 Å². The van der Waals surface area contributed by atoms with E-state index in [2.05, 4.69) is 137 Å². The van der Waals surface area contributed by atoms with E-state index < -0.39 is 0 Å². The van der Waals surface area contributed by atoms with Crippen LogP contribution in [0.3, 0.4) is 0 Å². The fourth-order valence-electron chi connectivity index (χ4n) is 7.62. The molecule has 2 N–H and O–H groups in total. The van der Waals surface area contributed by atoms with Gasteiger partial charge in [-0.25, -0.2) is 0 Å². The quantitative estimate of drug-likeness (QED) is 0.0577. The number of aromatic hydroxyl groups is 2. The van der Waals surface area contributed by atoms with E-state index in [-0.39, 0.29) is 23.0 Å². The van der Waals surface area contributed by atoms with E-state index in [1.807, 2.05) is 0 Å². The van der Waals surface area contributed by atoms with Gasteiger partial charge < -0.3 is 19.7 Å². The van der Waals surface area contributed by atoms with Crippen LogP contribution in [0.15, 0.2) is 116 Å². The largest absolute Gasteiger partial charge is 0.504 e. The van der Waals surface area contributed by atoms with Crippen LogP contribution in [-0.2, 0) is 6.42 Å². The van der Waals surface area contributed by atoms with E-state index in [1.165, 1.54) is 89.2 Å². The summed E-state index contributed by atoms with van der Waals surface area (Å²) in [4.78, 5) is 0. The van der Waals surface area contributed by atoms with Crippen molar-refractivity contribution in [2.45, 2.75) is 205 Å². The Labute approximate surface area is 388 Å². The maximum Gasteiger partial charge on any atom is 0.207 e. The molecule has 1 rings (SSSR count). The minimum Gasteiger partial charge on any atom is -0.504 e. The molecule has 0 aliphatic heterocycles. The maximum atomic E-state index is 10.7. The maximum absolute atomic E-state index is 10.7. The van der Waals surface area contributed by atoms with Crippen LogP contribution >= 0.6 is 0 Å². The van der Waals surface area contributed by atoms with E-state index in [4.69, 9.17) is 9.47 Å². The van der Waals surface area contributed by atoms with Crippen LogP contribution in [0.4, 0.5) is 0 Å². The summed E-state index contributed by atoms with van der Waals surface area (Å²) in [6.07, 6.45) is 44.6. The zero-order chi connectivity index (χ0) is 47.2. The van der Waals surface area contributed by atoms with Crippen LogP contribution in [0.2, 0.25) is 0 Å². The molecule has 352 valence electrons. The number of phenolic OH excluding ortho intramolecular Hbond substituents is 2. The molecule has 0 aliphatic carbocycles. The van der Waals surface area contributed by atoms with E-state index in [0.29, 0.717) is 17.5 Å². The first-order valence-corrected chi connectivity index (χ1v) is 24.2. The third-order valence-electron chi connectivity index (χ3n) is 12.1. The second kappa shape index (κ2) is 33.3. The number of benzene rings is 1. The van der Waals surface area contributed by atoms with Crippen molar-refractivity contribution < 1.29 is 19.7 Å². The van der Waals surface area contributed by atoms with Crippen LogP contribution in [0, 0.1) is 6.92 Å². The molecule has 0 bridgehead atoms. The Bertz CT molecular complexity index is 1840. The molecule has 0 saturated heterocycles. The van der Waals surface area contributed by atoms with E-state index >= 15 is 0 Å². The number of hydrogen-bond acceptors (Lipinski definition) is 4.